The standard InChI is InChI=1S/C6H7NOS/c1-7-5-2-3-9-6(5)4-8/h2-4,7H,1H3. The van der Waals surface area contributed by atoms with Crippen molar-refractivity contribution in [2.45, 2.75) is 0 Å². The van der Waals surface area contributed by atoms with Crippen LogP contribution in [0.25, 0.3) is 0 Å². The molecule has 0 aliphatic rings. The molecular formula is C6H7NOS. The molecule has 1 N–H and O–H groups in total. The zero-order chi connectivity index (χ0) is 6.69. The fourth-order valence-electron chi connectivity index (χ4n) is 0.619. The van der Waals surface area contributed by atoms with Gasteiger partial charge >= 0.3 is 0 Å². The first-order valence-electron chi connectivity index (χ1n) is 2.59. The smallest absolute Gasteiger partial charge is 0.162 e. The molecule has 9 heavy (non-hydrogen) atoms. The summed E-state index contributed by atoms with van der Waals surface area (Å²) >= 11 is 1.44. The van der Waals surface area contributed by atoms with Gasteiger partial charge in [-0.2, -0.15) is 0 Å². The van der Waals surface area contributed by atoms with Crippen LogP contribution in [0.5, 0.6) is 0 Å². The molecule has 3 heteroatoms. The first kappa shape index (κ1) is 6.29. The van der Waals surface area contributed by atoms with Gasteiger partial charge in [0.2, 0.25) is 0 Å². The van der Waals surface area contributed by atoms with Crippen LogP contribution < -0.4 is 5.32 Å². The van der Waals surface area contributed by atoms with Crippen LogP contribution in [0, 0.1) is 0 Å². The molecule has 0 saturated carbocycles. The molecule has 0 aliphatic heterocycles. The van der Waals surface area contributed by atoms with E-state index in [4.69, 9.17) is 0 Å². The Bertz CT molecular complexity index is 207. The fraction of sp³-hybridized carbons (Fsp3) is 0.167. The van der Waals surface area contributed by atoms with Gasteiger partial charge in [0.25, 0.3) is 0 Å². The second-order valence-corrected chi connectivity index (χ2v) is 2.51. The molecule has 1 heterocycles. The highest BCUT2D eigenvalue weighted by Crippen LogP contribution is 2.18. The van der Waals surface area contributed by atoms with E-state index >= 15 is 0 Å². The summed E-state index contributed by atoms with van der Waals surface area (Å²) in [6.07, 6.45) is 0.858. The predicted molar refractivity (Wildman–Crippen MR) is 39.3 cm³/mol. The average molecular weight is 141 g/mol. The van der Waals surface area contributed by atoms with Crippen LogP contribution in [0.1, 0.15) is 9.67 Å². The average Bonchev–Trinajstić information content (AvgIpc) is 2.33. The third-order valence-corrected chi connectivity index (χ3v) is 1.91. The number of rotatable bonds is 2. The zero-order valence-corrected chi connectivity index (χ0v) is 5.87. The van der Waals surface area contributed by atoms with E-state index in [0.29, 0.717) is 0 Å². The van der Waals surface area contributed by atoms with Gasteiger partial charge in [0, 0.05) is 7.05 Å². The van der Waals surface area contributed by atoms with Crippen LogP contribution >= 0.6 is 11.3 Å². The molecule has 0 saturated heterocycles. The Hall–Kier alpha value is -0.830. The summed E-state index contributed by atoms with van der Waals surface area (Å²) < 4.78 is 0. The molecule has 1 aromatic heterocycles. The number of carbonyl (C=O) groups is 1. The maximum atomic E-state index is 10.2. The Kier molecular flexibility index (Phi) is 1.85. The first-order chi connectivity index (χ1) is 4.38. The van der Waals surface area contributed by atoms with Gasteiger partial charge in [0.1, 0.15) is 0 Å². The fourth-order valence-corrected chi connectivity index (χ4v) is 1.32. The maximum absolute atomic E-state index is 10.2. The van der Waals surface area contributed by atoms with Crippen LogP contribution in [0.4, 0.5) is 5.69 Å². The normalized spacial score (nSPS) is 9.00. The van der Waals surface area contributed by atoms with Gasteiger partial charge in [0.15, 0.2) is 6.29 Å². The molecule has 0 unspecified atom stereocenters. The van der Waals surface area contributed by atoms with Gasteiger partial charge in [-0.25, -0.2) is 0 Å². The van der Waals surface area contributed by atoms with Gasteiger partial charge in [-0.15, -0.1) is 11.3 Å². The van der Waals surface area contributed by atoms with E-state index in [9.17, 15) is 4.79 Å². The Morgan fingerprint density at radius 3 is 3.00 bits per heavy atom. The van der Waals surface area contributed by atoms with Gasteiger partial charge in [-0.1, -0.05) is 0 Å². The lowest BCUT2D eigenvalue weighted by molar-refractivity contribution is 0.112. The van der Waals surface area contributed by atoms with E-state index < -0.39 is 0 Å². The maximum Gasteiger partial charge on any atom is 0.162 e. The summed E-state index contributed by atoms with van der Waals surface area (Å²) in [5.41, 5.74) is 0.912. The van der Waals surface area contributed by atoms with Crippen molar-refractivity contribution < 1.29 is 4.79 Å². The quantitative estimate of drug-likeness (QED) is 0.634. The molecule has 1 aromatic rings. The predicted octanol–water partition coefficient (Wildman–Crippen LogP) is 1.60. The van der Waals surface area contributed by atoms with E-state index in [1.165, 1.54) is 11.3 Å². The number of carbonyl (C=O) groups excluding carboxylic acids is 1. The van der Waals surface area contributed by atoms with Gasteiger partial charge in [0.05, 0.1) is 10.6 Å². The van der Waals surface area contributed by atoms with E-state index in [2.05, 4.69) is 5.32 Å². The minimum atomic E-state index is 0.762. The van der Waals surface area contributed by atoms with Crippen molar-refractivity contribution in [3.05, 3.63) is 16.3 Å². The molecular weight excluding hydrogens is 134 g/mol. The minimum absolute atomic E-state index is 0.762. The molecule has 0 spiro atoms. The van der Waals surface area contributed by atoms with E-state index in [1.807, 2.05) is 11.4 Å². The molecule has 48 valence electrons. The van der Waals surface area contributed by atoms with Crippen LogP contribution in [0.15, 0.2) is 11.4 Å². The van der Waals surface area contributed by atoms with Crippen molar-refractivity contribution in [1.82, 2.24) is 0 Å². The summed E-state index contributed by atoms with van der Waals surface area (Å²) in [7, 11) is 1.80. The Labute approximate surface area is 57.5 Å². The lowest BCUT2D eigenvalue weighted by atomic mass is 10.4. The molecule has 0 bridgehead atoms. The van der Waals surface area contributed by atoms with Crippen LogP contribution in [-0.4, -0.2) is 13.3 Å². The Morgan fingerprint density at radius 1 is 1.78 bits per heavy atom. The first-order valence-corrected chi connectivity index (χ1v) is 3.47. The van der Waals surface area contributed by atoms with Crippen molar-refractivity contribution in [3.63, 3.8) is 0 Å². The van der Waals surface area contributed by atoms with Crippen molar-refractivity contribution in [2.24, 2.45) is 0 Å². The number of hydrogen-bond donors (Lipinski definition) is 1. The van der Waals surface area contributed by atoms with Crippen molar-refractivity contribution in [2.75, 3.05) is 12.4 Å². The Balaban J connectivity index is 2.98. The van der Waals surface area contributed by atoms with E-state index in [0.717, 1.165) is 16.9 Å². The Morgan fingerprint density at radius 2 is 2.56 bits per heavy atom. The third kappa shape index (κ3) is 1.10. The zero-order valence-electron chi connectivity index (χ0n) is 5.05. The van der Waals surface area contributed by atoms with Gasteiger partial charge in [-0.05, 0) is 11.4 Å². The van der Waals surface area contributed by atoms with Crippen molar-refractivity contribution in [3.8, 4) is 0 Å². The number of nitrogens with one attached hydrogen (secondary N) is 1. The molecule has 0 radical (unpaired) electrons. The molecule has 0 amide bonds. The van der Waals surface area contributed by atoms with Gasteiger partial charge < -0.3 is 5.32 Å². The van der Waals surface area contributed by atoms with E-state index in [-0.39, 0.29) is 0 Å². The second kappa shape index (κ2) is 2.64. The SMILES string of the molecule is CNc1ccsc1C=O. The molecule has 0 aromatic carbocycles. The number of hydrogen-bond acceptors (Lipinski definition) is 3. The monoisotopic (exact) mass is 141 g/mol. The molecule has 0 aliphatic carbocycles. The molecule has 2 nitrogen and oxygen atoms in total. The van der Waals surface area contributed by atoms with Crippen LogP contribution in [0.2, 0.25) is 0 Å². The summed E-state index contributed by atoms with van der Waals surface area (Å²) in [6.45, 7) is 0. The highest BCUT2D eigenvalue weighted by atomic mass is 32.1. The summed E-state index contributed by atoms with van der Waals surface area (Å²) in [4.78, 5) is 11.0. The number of aldehydes is 1. The lowest BCUT2D eigenvalue weighted by Gasteiger charge is -1.92. The number of thiophene rings is 1. The summed E-state index contributed by atoms with van der Waals surface area (Å²) in [6, 6.07) is 1.88. The molecule has 1 rings (SSSR count). The summed E-state index contributed by atoms with van der Waals surface area (Å²) in [5, 5.41) is 4.79. The van der Waals surface area contributed by atoms with Crippen molar-refractivity contribution in [1.29, 1.82) is 0 Å². The van der Waals surface area contributed by atoms with Crippen molar-refractivity contribution >= 4 is 23.3 Å². The largest absolute Gasteiger partial charge is 0.387 e. The highest BCUT2D eigenvalue weighted by molar-refractivity contribution is 7.12. The molecule has 0 atom stereocenters. The lowest BCUT2D eigenvalue weighted by Crippen LogP contribution is -1.87. The summed E-state index contributed by atoms with van der Waals surface area (Å²) in [5.74, 6) is 0. The third-order valence-electron chi connectivity index (χ3n) is 1.07. The number of anilines is 1. The van der Waals surface area contributed by atoms with Crippen LogP contribution in [-0.2, 0) is 0 Å². The van der Waals surface area contributed by atoms with E-state index in [1.54, 1.807) is 7.05 Å². The second-order valence-electron chi connectivity index (χ2n) is 1.57. The van der Waals surface area contributed by atoms with Crippen LogP contribution in [0.3, 0.4) is 0 Å². The van der Waals surface area contributed by atoms with Gasteiger partial charge in [-0.3, -0.25) is 4.79 Å². The topological polar surface area (TPSA) is 29.1 Å². The minimum Gasteiger partial charge on any atom is -0.387 e. The molecule has 0 fully saturated rings. The highest BCUT2D eigenvalue weighted by Gasteiger charge is 1.97.